The molecule has 14 heavy (non-hydrogen) atoms. The molecule has 0 amide bonds. The third-order valence-corrected chi connectivity index (χ3v) is 1.97. The second kappa shape index (κ2) is 5.00. The Kier molecular flexibility index (Phi) is 3.95. The molecule has 4 heteroatoms. The van der Waals surface area contributed by atoms with E-state index in [0.29, 0.717) is 11.3 Å². The zero-order valence-corrected chi connectivity index (χ0v) is 8.40. The predicted molar refractivity (Wildman–Crippen MR) is 58.3 cm³/mol. The molecule has 2 N–H and O–H groups in total. The number of allylic oxidation sites excluding steroid dienone is 1. The maximum atomic E-state index is 12.9. The Morgan fingerprint density at radius 3 is 2.36 bits per heavy atom. The molecule has 76 valence electrons. The van der Waals surface area contributed by atoms with Gasteiger partial charge in [-0.3, -0.25) is 0 Å². The van der Waals surface area contributed by atoms with Crippen LogP contribution in [0.15, 0.2) is 18.2 Å². The quantitative estimate of drug-likeness (QED) is 0.588. The van der Waals surface area contributed by atoms with Crippen molar-refractivity contribution in [2.75, 3.05) is 11.5 Å². The van der Waals surface area contributed by atoms with Gasteiger partial charge in [0, 0.05) is 0 Å². The second-order valence-electron chi connectivity index (χ2n) is 2.81. The fourth-order valence-corrected chi connectivity index (χ4v) is 1.14. The number of benzene rings is 1. The fourth-order valence-electron chi connectivity index (χ4n) is 0.994. The van der Waals surface area contributed by atoms with Crippen LogP contribution in [0, 0.1) is 11.6 Å². The molecule has 0 unspecified atom stereocenters. The summed E-state index contributed by atoms with van der Waals surface area (Å²) in [7, 11) is 0. The van der Waals surface area contributed by atoms with Crippen LogP contribution < -0.4 is 5.73 Å². The van der Waals surface area contributed by atoms with Crippen LogP contribution in [0.3, 0.4) is 0 Å². The van der Waals surface area contributed by atoms with Gasteiger partial charge in [-0.05, 0) is 29.9 Å². The lowest BCUT2D eigenvalue weighted by atomic mass is 10.1. The largest absolute Gasteiger partial charge is 0.394 e. The smallest absolute Gasteiger partial charge is 0.149 e. The average molecular weight is 215 g/mol. The van der Waals surface area contributed by atoms with Crippen LogP contribution in [0.25, 0.3) is 6.08 Å². The lowest BCUT2D eigenvalue weighted by Gasteiger charge is -2.00. The minimum absolute atomic E-state index is 0.434. The summed E-state index contributed by atoms with van der Waals surface area (Å²) in [6.45, 7) is 0. The van der Waals surface area contributed by atoms with Gasteiger partial charge in [-0.2, -0.15) is 12.6 Å². The monoisotopic (exact) mass is 215 g/mol. The molecule has 0 saturated carbocycles. The van der Waals surface area contributed by atoms with Crippen molar-refractivity contribution in [3.05, 3.63) is 35.4 Å². The van der Waals surface area contributed by atoms with Crippen LogP contribution in [0.5, 0.6) is 0 Å². The molecule has 0 fully saturated rings. The summed E-state index contributed by atoms with van der Waals surface area (Å²) in [5.41, 5.74) is 5.15. The maximum absolute atomic E-state index is 12.9. The fraction of sp³-hybridized carbons (Fsp3) is 0.200. The molecule has 1 aromatic carbocycles. The SMILES string of the molecule is Nc1c(F)cc(C=CCCS)cc1F. The third kappa shape index (κ3) is 2.73. The van der Waals surface area contributed by atoms with Crippen molar-refractivity contribution in [2.24, 2.45) is 0 Å². The first-order valence-electron chi connectivity index (χ1n) is 4.17. The summed E-state index contributed by atoms with van der Waals surface area (Å²) in [5, 5.41) is 0. The number of rotatable bonds is 3. The highest BCUT2D eigenvalue weighted by Gasteiger charge is 2.05. The van der Waals surface area contributed by atoms with Crippen molar-refractivity contribution in [1.82, 2.24) is 0 Å². The second-order valence-corrected chi connectivity index (χ2v) is 3.26. The van der Waals surface area contributed by atoms with Crippen LogP contribution in [0.2, 0.25) is 0 Å². The van der Waals surface area contributed by atoms with Crippen LogP contribution >= 0.6 is 12.6 Å². The zero-order valence-electron chi connectivity index (χ0n) is 7.50. The maximum Gasteiger partial charge on any atom is 0.149 e. The summed E-state index contributed by atoms with van der Waals surface area (Å²) in [6.07, 6.45) is 4.20. The molecule has 0 radical (unpaired) electrons. The van der Waals surface area contributed by atoms with E-state index in [0.717, 1.165) is 6.42 Å². The number of nitrogen functional groups attached to an aromatic ring is 1. The Morgan fingerprint density at radius 2 is 1.86 bits per heavy atom. The van der Waals surface area contributed by atoms with Gasteiger partial charge in [0.25, 0.3) is 0 Å². The molecule has 0 saturated heterocycles. The molecule has 1 nitrogen and oxygen atoms in total. The van der Waals surface area contributed by atoms with Crippen molar-refractivity contribution < 1.29 is 8.78 Å². The number of thiol groups is 1. The highest BCUT2D eigenvalue weighted by Crippen LogP contribution is 2.18. The first-order chi connectivity index (χ1) is 6.65. The molecule has 0 aliphatic carbocycles. The number of anilines is 1. The van der Waals surface area contributed by atoms with E-state index < -0.39 is 17.3 Å². The minimum Gasteiger partial charge on any atom is -0.394 e. The summed E-state index contributed by atoms with van der Waals surface area (Å²) >= 11 is 4.00. The van der Waals surface area contributed by atoms with Crippen molar-refractivity contribution in [1.29, 1.82) is 0 Å². The standard InChI is InChI=1S/C10H11F2NS/c11-8-5-7(3-1-2-4-14)6-9(12)10(8)13/h1,3,5-6,14H,2,4,13H2. The zero-order chi connectivity index (χ0) is 10.6. The van der Waals surface area contributed by atoms with E-state index in [2.05, 4.69) is 12.6 Å². The van der Waals surface area contributed by atoms with Crippen LogP contribution in [-0.4, -0.2) is 5.75 Å². The Balaban J connectivity index is 2.89. The molecule has 1 aromatic rings. The van der Waals surface area contributed by atoms with Gasteiger partial charge in [0.15, 0.2) is 0 Å². The number of hydrogen-bond donors (Lipinski definition) is 2. The van der Waals surface area contributed by atoms with E-state index in [1.165, 1.54) is 12.1 Å². The molecular weight excluding hydrogens is 204 g/mol. The number of hydrogen-bond acceptors (Lipinski definition) is 2. The van der Waals surface area contributed by atoms with E-state index in [1.807, 2.05) is 0 Å². The Bertz CT molecular complexity index is 327. The van der Waals surface area contributed by atoms with Crippen LogP contribution in [-0.2, 0) is 0 Å². The van der Waals surface area contributed by atoms with Gasteiger partial charge in [-0.1, -0.05) is 12.2 Å². The number of halogens is 2. The molecule has 0 aliphatic rings. The van der Waals surface area contributed by atoms with E-state index in [9.17, 15) is 8.78 Å². The predicted octanol–water partition coefficient (Wildman–Crippen LogP) is 2.88. The van der Waals surface area contributed by atoms with Gasteiger partial charge in [-0.25, -0.2) is 8.78 Å². The molecule has 0 aliphatic heterocycles. The van der Waals surface area contributed by atoms with E-state index >= 15 is 0 Å². The molecule has 0 spiro atoms. The molecule has 0 atom stereocenters. The first-order valence-corrected chi connectivity index (χ1v) is 4.80. The molecule has 1 rings (SSSR count). The highest BCUT2D eigenvalue weighted by atomic mass is 32.1. The lowest BCUT2D eigenvalue weighted by molar-refractivity contribution is 0.591. The van der Waals surface area contributed by atoms with Crippen LogP contribution in [0.1, 0.15) is 12.0 Å². The summed E-state index contributed by atoms with van der Waals surface area (Å²) in [5.74, 6) is -0.748. The van der Waals surface area contributed by atoms with Gasteiger partial charge >= 0.3 is 0 Å². The highest BCUT2D eigenvalue weighted by molar-refractivity contribution is 7.80. The Hall–Kier alpha value is -1.03. The first kappa shape index (κ1) is 11.0. The van der Waals surface area contributed by atoms with E-state index in [-0.39, 0.29) is 0 Å². The van der Waals surface area contributed by atoms with Gasteiger partial charge in [0.05, 0.1) is 0 Å². The topological polar surface area (TPSA) is 26.0 Å². The summed E-state index contributed by atoms with van der Waals surface area (Å²) < 4.78 is 25.9. The minimum atomic E-state index is -0.726. The molecular formula is C10H11F2NS. The van der Waals surface area contributed by atoms with Gasteiger partial charge in [0.1, 0.15) is 17.3 Å². The molecule has 0 bridgehead atoms. The Morgan fingerprint density at radius 1 is 1.29 bits per heavy atom. The normalized spacial score (nSPS) is 11.1. The lowest BCUT2D eigenvalue weighted by Crippen LogP contribution is -1.95. The third-order valence-electron chi connectivity index (χ3n) is 1.71. The molecule has 0 aromatic heterocycles. The van der Waals surface area contributed by atoms with E-state index in [1.54, 1.807) is 12.2 Å². The van der Waals surface area contributed by atoms with E-state index in [4.69, 9.17) is 5.73 Å². The van der Waals surface area contributed by atoms with Gasteiger partial charge in [0.2, 0.25) is 0 Å². The van der Waals surface area contributed by atoms with Crippen molar-refractivity contribution in [2.45, 2.75) is 6.42 Å². The number of nitrogens with two attached hydrogens (primary N) is 1. The van der Waals surface area contributed by atoms with Gasteiger partial charge < -0.3 is 5.73 Å². The van der Waals surface area contributed by atoms with Crippen molar-refractivity contribution in [3.63, 3.8) is 0 Å². The van der Waals surface area contributed by atoms with Crippen molar-refractivity contribution in [3.8, 4) is 0 Å². The summed E-state index contributed by atoms with van der Waals surface area (Å²) in [6, 6.07) is 2.40. The average Bonchev–Trinajstić information content (AvgIpc) is 2.14. The molecule has 0 heterocycles. The Labute approximate surface area is 87.0 Å². The van der Waals surface area contributed by atoms with Crippen molar-refractivity contribution >= 4 is 24.4 Å². The summed E-state index contributed by atoms with van der Waals surface area (Å²) in [4.78, 5) is 0. The van der Waals surface area contributed by atoms with Gasteiger partial charge in [-0.15, -0.1) is 0 Å². The van der Waals surface area contributed by atoms with Crippen LogP contribution in [0.4, 0.5) is 14.5 Å².